The van der Waals surface area contributed by atoms with Crippen LogP contribution in [0.5, 0.6) is 0 Å². The third-order valence-electron chi connectivity index (χ3n) is 4.23. The predicted octanol–water partition coefficient (Wildman–Crippen LogP) is 3.89. The number of hydrogen-bond donors (Lipinski definition) is 1. The van der Waals surface area contributed by atoms with Crippen LogP contribution in [0.1, 0.15) is 23.4 Å². The third kappa shape index (κ3) is 4.28. The zero-order valence-electron chi connectivity index (χ0n) is 15.5. The molecule has 2 heterocycles. The quantitative estimate of drug-likeness (QED) is 0.351. The van der Waals surface area contributed by atoms with Crippen LogP contribution in [0.2, 0.25) is 0 Å². The third-order valence-corrected chi connectivity index (χ3v) is 5.18. The molecule has 8 heteroatoms. The fourth-order valence-electron chi connectivity index (χ4n) is 2.83. The van der Waals surface area contributed by atoms with Crippen LogP contribution in [0.15, 0.2) is 82.9 Å². The Morgan fingerprint density at radius 3 is 2.45 bits per heavy atom. The average molecular weight is 405 g/mol. The maximum Gasteiger partial charge on any atom is 0.247 e. The predicted molar refractivity (Wildman–Crippen MR) is 110 cm³/mol. The summed E-state index contributed by atoms with van der Waals surface area (Å²) in [4.78, 5) is 0. The van der Waals surface area contributed by atoms with E-state index in [2.05, 4.69) is 27.0 Å². The van der Waals surface area contributed by atoms with Gasteiger partial charge in [-0.1, -0.05) is 66.4 Å². The van der Waals surface area contributed by atoms with Crippen molar-refractivity contribution in [3.63, 3.8) is 0 Å². The highest BCUT2D eigenvalue weighted by atomic mass is 32.2. The molecule has 0 fully saturated rings. The second-order valence-corrected chi connectivity index (χ2v) is 7.15. The lowest BCUT2D eigenvalue weighted by Crippen LogP contribution is -2.10. The SMILES string of the molecule is C=CCn1c(SCc2nnc(-c3ccccc3)o2)nnc1[C@H](O)c1ccccc1. The highest BCUT2D eigenvalue weighted by Gasteiger charge is 2.21. The summed E-state index contributed by atoms with van der Waals surface area (Å²) < 4.78 is 7.58. The van der Waals surface area contributed by atoms with Crippen molar-refractivity contribution in [3.8, 4) is 11.5 Å². The minimum atomic E-state index is -0.869. The molecule has 4 rings (SSSR count). The second-order valence-electron chi connectivity index (χ2n) is 6.21. The largest absolute Gasteiger partial charge is 0.420 e. The summed E-state index contributed by atoms with van der Waals surface area (Å²) in [6.07, 6.45) is 0.876. The average Bonchev–Trinajstić information content (AvgIpc) is 3.41. The Balaban J connectivity index is 1.51. The van der Waals surface area contributed by atoms with Gasteiger partial charge in [-0.25, -0.2) is 0 Å². The van der Waals surface area contributed by atoms with Gasteiger partial charge in [0, 0.05) is 12.1 Å². The van der Waals surface area contributed by atoms with E-state index in [1.807, 2.05) is 65.2 Å². The first-order valence-corrected chi connectivity index (χ1v) is 10.0. The number of benzene rings is 2. The van der Waals surface area contributed by atoms with E-state index >= 15 is 0 Å². The van der Waals surface area contributed by atoms with Gasteiger partial charge in [0.25, 0.3) is 0 Å². The Labute approximate surface area is 172 Å². The Bertz CT molecular complexity index is 1080. The maximum atomic E-state index is 10.7. The smallest absolute Gasteiger partial charge is 0.247 e. The molecule has 29 heavy (non-hydrogen) atoms. The molecule has 0 radical (unpaired) electrons. The Morgan fingerprint density at radius 2 is 1.72 bits per heavy atom. The molecular formula is C21H19N5O2S. The van der Waals surface area contributed by atoms with Gasteiger partial charge >= 0.3 is 0 Å². The maximum absolute atomic E-state index is 10.7. The molecule has 7 nitrogen and oxygen atoms in total. The van der Waals surface area contributed by atoms with Gasteiger partial charge in [-0.05, 0) is 17.7 Å². The van der Waals surface area contributed by atoms with Crippen LogP contribution in [-0.2, 0) is 12.3 Å². The molecule has 0 amide bonds. The van der Waals surface area contributed by atoms with E-state index < -0.39 is 6.10 Å². The fourth-order valence-corrected chi connectivity index (χ4v) is 3.62. The van der Waals surface area contributed by atoms with Gasteiger partial charge in [-0.15, -0.1) is 27.0 Å². The van der Waals surface area contributed by atoms with Crippen molar-refractivity contribution in [3.05, 3.63) is 90.6 Å². The van der Waals surface area contributed by atoms with Crippen LogP contribution in [-0.4, -0.2) is 30.1 Å². The molecule has 0 unspecified atom stereocenters. The van der Waals surface area contributed by atoms with Gasteiger partial charge in [0.1, 0.15) is 6.10 Å². The van der Waals surface area contributed by atoms with Gasteiger partial charge in [-0.2, -0.15) is 0 Å². The summed E-state index contributed by atoms with van der Waals surface area (Å²) in [5, 5.41) is 28.0. The van der Waals surface area contributed by atoms with E-state index in [1.54, 1.807) is 6.08 Å². The topological polar surface area (TPSA) is 89.9 Å². The Kier molecular flexibility index (Phi) is 5.83. The second kappa shape index (κ2) is 8.85. The molecule has 0 saturated carbocycles. The number of aliphatic hydroxyl groups excluding tert-OH is 1. The number of allylic oxidation sites excluding steroid dienone is 1. The van der Waals surface area contributed by atoms with Crippen LogP contribution in [0, 0.1) is 0 Å². The molecule has 0 aliphatic heterocycles. The highest BCUT2D eigenvalue weighted by molar-refractivity contribution is 7.98. The Morgan fingerprint density at radius 1 is 1.00 bits per heavy atom. The van der Waals surface area contributed by atoms with Crippen molar-refractivity contribution in [2.45, 2.75) is 23.6 Å². The van der Waals surface area contributed by atoms with Crippen LogP contribution >= 0.6 is 11.8 Å². The van der Waals surface area contributed by atoms with E-state index in [0.29, 0.717) is 35.1 Å². The molecule has 1 N–H and O–H groups in total. The first-order chi connectivity index (χ1) is 14.3. The van der Waals surface area contributed by atoms with Crippen molar-refractivity contribution in [1.82, 2.24) is 25.0 Å². The highest BCUT2D eigenvalue weighted by Crippen LogP contribution is 2.27. The molecule has 146 valence electrons. The van der Waals surface area contributed by atoms with Crippen LogP contribution in [0.4, 0.5) is 0 Å². The van der Waals surface area contributed by atoms with Gasteiger partial charge in [-0.3, -0.25) is 4.57 Å². The molecule has 0 saturated heterocycles. The molecule has 4 aromatic rings. The first-order valence-electron chi connectivity index (χ1n) is 9.04. The normalized spacial score (nSPS) is 12.0. The number of rotatable bonds is 8. The lowest BCUT2D eigenvalue weighted by molar-refractivity contribution is 0.204. The number of aliphatic hydroxyl groups is 1. The van der Waals surface area contributed by atoms with E-state index in [4.69, 9.17) is 4.42 Å². The lowest BCUT2D eigenvalue weighted by atomic mass is 10.1. The molecule has 0 aliphatic carbocycles. The summed E-state index contributed by atoms with van der Waals surface area (Å²) >= 11 is 1.42. The molecule has 0 aliphatic rings. The van der Waals surface area contributed by atoms with E-state index in [9.17, 15) is 5.11 Å². The summed E-state index contributed by atoms with van der Waals surface area (Å²) in [7, 11) is 0. The molecule has 0 spiro atoms. The zero-order chi connectivity index (χ0) is 20.1. The van der Waals surface area contributed by atoms with E-state index in [-0.39, 0.29) is 0 Å². The van der Waals surface area contributed by atoms with Crippen molar-refractivity contribution in [2.24, 2.45) is 0 Å². The fraction of sp³-hybridized carbons (Fsp3) is 0.143. The van der Waals surface area contributed by atoms with Crippen molar-refractivity contribution in [2.75, 3.05) is 0 Å². The van der Waals surface area contributed by atoms with Gasteiger partial charge in [0.05, 0.1) is 5.75 Å². The summed E-state index contributed by atoms with van der Waals surface area (Å²) in [5.74, 6) is 1.88. The number of aromatic nitrogens is 5. The van der Waals surface area contributed by atoms with Gasteiger partial charge in [0.15, 0.2) is 11.0 Å². The molecule has 2 aromatic carbocycles. The number of nitrogens with zero attached hydrogens (tertiary/aromatic N) is 5. The number of thioether (sulfide) groups is 1. The van der Waals surface area contributed by atoms with E-state index in [0.717, 1.165) is 11.1 Å². The van der Waals surface area contributed by atoms with Crippen LogP contribution in [0.3, 0.4) is 0 Å². The summed E-state index contributed by atoms with van der Waals surface area (Å²) in [6, 6.07) is 19.0. The first kappa shape index (κ1) is 19.1. The standard InChI is InChI=1S/C21H19N5O2S/c1-2-13-26-19(18(27)15-9-5-3-6-10-15)23-25-21(26)29-14-17-22-24-20(28-17)16-11-7-4-8-12-16/h2-12,18,27H,1,13-14H2/t18-/m1/s1. The molecular weight excluding hydrogens is 386 g/mol. The summed E-state index contributed by atoms with van der Waals surface area (Å²) in [6.45, 7) is 4.28. The minimum absolute atomic E-state index is 0.441. The van der Waals surface area contributed by atoms with E-state index in [1.165, 1.54) is 11.8 Å². The van der Waals surface area contributed by atoms with Crippen LogP contribution < -0.4 is 0 Å². The monoisotopic (exact) mass is 405 g/mol. The van der Waals surface area contributed by atoms with Crippen molar-refractivity contribution >= 4 is 11.8 Å². The Hall–Kier alpha value is -3.23. The molecule has 2 aromatic heterocycles. The lowest BCUT2D eigenvalue weighted by Gasteiger charge is -2.12. The molecule has 0 bridgehead atoms. The molecule has 1 atom stereocenters. The number of hydrogen-bond acceptors (Lipinski definition) is 7. The zero-order valence-corrected chi connectivity index (χ0v) is 16.4. The minimum Gasteiger partial charge on any atom is -0.420 e. The summed E-state index contributed by atoms with van der Waals surface area (Å²) in [5.41, 5.74) is 1.63. The van der Waals surface area contributed by atoms with Crippen LogP contribution in [0.25, 0.3) is 11.5 Å². The van der Waals surface area contributed by atoms with Crippen molar-refractivity contribution in [1.29, 1.82) is 0 Å². The van der Waals surface area contributed by atoms with Gasteiger partial charge in [0.2, 0.25) is 11.8 Å². The van der Waals surface area contributed by atoms with Crippen molar-refractivity contribution < 1.29 is 9.52 Å². The van der Waals surface area contributed by atoms with Gasteiger partial charge < -0.3 is 9.52 Å².